The zero-order valence-electron chi connectivity index (χ0n) is 14.8. The van der Waals surface area contributed by atoms with Gasteiger partial charge in [-0.05, 0) is 47.9 Å². The first-order valence-corrected chi connectivity index (χ1v) is 9.50. The van der Waals surface area contributed by atoms with Crippen molar-refractivity contribution in [3.63, 3.8) is 0 Å². The Morgan fingerprint density at radius 3 is 2.11 bits per heavy atom. The fourth-order valence-corrected chi connectivity index (χ4v) is 2.66. The van der Waals surface area contributed by atoms with Crippen molar-refractivity contribution in [1.82, 2.24) is 0 Å². The molecule has 0 saturated carbocycles. The van der Waals surface area contributed by atoms with Crippen molar-refractivity contribution in [3.8, 4) is 6.07 Å². The third-order valence-corrected chi connectivity index (χ3v) is 4.60. The van der Waals surface area contributed by atoms with Gasteiger partial charge in [0.05, 0.1) is 4.90 Å². The number of anilines is 2. The van der Waals surface area contributed by atoms with Gasteiger partial charge in [0, 0.05) is 17.6 Å². The Labute approximate surface area is 158 Å². The maximum absolute atomic E-state index is 12.2. The van der Waals surface area contributed by atoms with E-state index in [2.05, 4.69) is 24.5 Å². The molecule has 0 bridgehead atoms. The first-order valence-electron chi connectivity index (χ1n) is 8.06. The molecular weight excluding hydrogens is 366 g/mol. The maximum atomic E-state index is 12.2. The molecule has 0 aliphatic carbocycles. The fourth-order valence-electron chi connectivity index (χ4n) is 2.18. The van der Waals surface area contributed by atoms with Gasteiger partial charge < -0.3 is 10.6 Å². The molecule has 0 spiro atoms. The number of hydrogen-bond acceptors (Lipinski definition) is 5. The van der Waals surface area contributed by atoms with Crippen molar-refractivity contribution in [3.05, 3.63) is 65.9 Å². The Kier molecular flexibility index (Phi) is 6.34. The van der Waals surface area contributed by atoms with Gasteiger partial charge in [-0.25, -0.2) is 0 Å². The van der Waals surface area contributed by atoms with Gasteiger partial charge in [-0.2, -0.15) is 13.7 Å². The summed E-state index contributed by atoms with van der Waals surface area (Å²) in [5.74, 6) is -0.245. The largest absolute Gasteiger partial charge is 0.360 e. The van der Waals surface area contributed by atoms with Crippen LogP contribution in [0.15, 0.2) is 65.2 Å². The van der Waals surface area contributed by atoms with Crippen molar-refractivity contribution >= 4 is 27.4 Å². The molecule has 2 aromatic carbocycles. The lowest BCUT2D eigenvalue weighted by Gasteiger charge is -2.08. The van der Waals surface area contributed by atoms with E-state index in [-0.39, 0.29) is 16.2 Å². The van der Waals surface area contributed by atoms with Crippen LogP contribution in [-0.4, -0.2) is 18.9 Å². The van der Waals surface area contributed by atoms with Crippen LogP contribution in [0, 0.1) is 11.3 Å². The molecule has 0 radical (unpaired) electrons. The van der Waals surface area contributed by atoms with Gasteiger partial charge >= 0.3 is 0 Å². The number of amides is 1. The van der Waals surface area contributed by atoms with Crippen LogP contribution in [0.1, 0.15) is 25.3 Å². The highest BCUT2D eigenvalue weighted by molar-refractivity contribution is 7.85. The lowest BCUT2D eigenvalue weighted by atomic mass is 10.0. The van der Waals surface area contributed by atoms with Crippen molar-refractivity contribution in [2.24, 2.45) is 0 Å². The molecule has 0 aliphatic rings. The number of benzene rings is 2. The fraction of sp³-hybridized carbons (Fsp3) is 0.158. The molecule has 0 fully saturated rings. The van der Waals surface area contributed by atoms with E-state index < -0.39 is 16.0 Å². The van der Waals surface area contributed by atoms with Gasteiger partial charge in [-0.3, -0.25) is 9.35 Å². The number of hydrogen-bond donors (Lipinski definition) is 3. The predicted octanol–water partition coefficient (Wildman–Crippen LogP) is 3.51. The first kappa shape index (κ1) is 20.2. The molecule has 0 unspecified atom stereocenters. The minimum Gasteiger partial charge on any atom is -0.360 e. The highest BCUT2D eigenvalue weighted by Gasteiger charge is 2.12. The molecule has 2 rings (SSSR count). The summed E-state index contributed by atoms with van der Waals surface area (Å²) in [7, 11) is -4.30. The van der Waals surface area contributed by atoms with Crippen LogP contribution >= 0.6 is 0 Å². The molecule has 0 heterocycles. The molecule has 1 amide bonds. The Bertz CT molecular complexity index is 987. The molecule has 27 heavy (non-hydrogen) atoms. The van der Waals surface area contributed by atoms with Crippen molar-refractivity contribution in [2.45, 2.75) is 24.7 Å². The normalized spacial score (nSPS) is 11.7. The lowest BCUT2D eigenvalue weighted by molar-refractivity contribution is -0.112. The third-order valence-electron chi connectivity index (χ3n) is 3.74. The summed E-state index contributed by atoms with van der Waals surface area (Å²) in [5.41, 5.74) is 2.05. The molecule has 2 aromatic rings. The Balaban J connectivity index is 2.06. The van der Waals surface area contributed by atoms with Gasteiger partial charge in [0.2, 0.25) is 0 Å². The number of carbonyl (C=O) groups is 1. The summed E-state index contributed by atoms with van der Waals surface area (Å²) in [4.78, 5) is 11.9. The topological polar surface area (TPSA) is 119 Å². The van der Waals surface area contributed by atoms with Gasteiger partial charge in [0.25, 0.3) is 16.0 Å². The van der Waals surface area contributed by atoms with E-state index in [1.54, 1.807) is 0 Å². The quantitative estimate of drug-likeness (QED) is 0.398. The maximum Gasteiger partial charge on any atom is 0.294 e. The first-order chi connectivity index (χ1) is 12.7. The summed E-state index contributed by atoms with van der Waals surface area (Å²) >= 11 is 0. The van der Waals surface area contributed by atoms with E-state index in [1.807, 2.05) is 30.3 Å². The average molecular weight is 385 g/mol. The summed E-state index contributed by atoms with van der Waals surface area (Å²) in [6.45, 7) is 4.17. The van der Waals surface area contributed by atoms with Crippen molar-refractivity contribution in [2.75, 3.05) is 10.6 Å². The molecule has 0 saturated heterocycles. The molecule has 0 aromatic heterocycles. The summed E-state index contributed by atoms with van der Waals surface area (Å²) < 4.78 is 31.0. The second-order valence-electron chi connectivity index (χ2n) is 6.04. The molecule has 8 heteroatoms. The van der Waals surface area contributed by atoms with Gasteiger partial charge in [-0.1, -0.05) is 26.0 Å². The monoisotopic (exact) mass is 385 g/mol. The predicted molar refractivity (Wildman–Crippen MR) is 103 cm³/mol. The molecule has 7 nitrogen and oxygen atoms in total. The zero-order valence-corrected chi connectivity index (χ0v) is 15.6. The number of nitrogens with zero attached hydrogens (tertiary/aromatic N) is 1. The van der Waals surface area contributed by atoms with Crippen LogP contribution in [0.25, 0.3) is 0 Å². The zero-order chi connectivity index (χ0) is 20.0. The smallest absolute Gasteiger partial charge is 0.294 e. The van der Waals surface area contributed by atoms with Crippen LogP contribution in [0.2, 0.25) is 0 Å². The van der Waals surface area contributed by atoms with E-state index in [1.165, 1.54) is 23.9 Å². The van der Waals surface area contributed by atoms with E-state index in [0.717, 1.165) is 17.8 Å². The summed E-state index contributed by atoms with van der Waals surface area (Å²) in [5, 5.41) is 14.6. The van der Waals surface area contributed by atoms with Crippen LogP contribution in [0.5, 0.6) is 0 Å². The molecule has 0 aliphatic heterocycles. The minimum absolute atomic E-state index is 0.151. The van der Waals surface area contributed by atoms with Crippen molar-refractivity contribution < 1.29 is 17.8 Å². The van der Waals surface area contributed by atoms with Crippen LogP contribution in [-0.2, 0) is 14.9 Å². The Morgan fingerprint density at radius 1 is 1.07 bits per heavy atom. The molecular formula is C19H19N3O4S. The van der Waals surface area contributed by atoms with Crippen LogP contribution in [0.3, 0.4) is 0 Å². The van der Waals surface area contributed by atoms with Gasteiger partial charge in [0.1, 0.15) is 11.6 Å². The number of carbonyl (C=O) groups excluding carboxylic acids is 1. The number of nitrogens with one attached hydrogen (secondary N) is 2. The van der Waals surface area contributed by atoms with Crippen molar-refractivity contribution in [1.29, 1.82) is 5.26 Å². The average Bonchev–Trinajstić information content (AvgIpc) is 2.62. The van der Waals surface area contributed by atoms with Gasteiger partial charge in [-0.15, -0.1) is 0 Å². The summed E-state index contributed by atoms with van der Waals surface area (Å²) in [6.07, 6.45) is 1.30. The Morgan fingerprint density at radius 2 is 1.63 bits per heavy atom. The Hall–Kier alpha value is -3.15. The van der Waals surface area contributed by atoms with E-state index in [4.69, 9.17) is 4.55 Å². The van der Waals surface area contributed by atoms with Gasteiger partial charge in [0.15, 0.2) is 0 Å². The second-order valence-corrected chi connectivity index (χ2v) is 7.47. The molecule has 3 N–H and O–H groups in total. The highest BCUT2D eigenvalue weighted by Crippen LogP contribution is 2.18. The lowest BCUT2D eigenvalue weighted by Crippen LogP contribution is -2.14. The van der Waals surface area contributed by atoms with E-state index >= 15 is 0 Å². The summed E-state index contributed by atoms with van der Waals surface area (Å²) in [6, 6.07) is 14.4. The molecule has 140 valence electrons. The van der Waals surface area contributed by atoms with Crippen LogP contribution in [0.4, 0.5) is 11.4 Å². The van der Waals surface area contributed by atoms with Crippen LogP contribution < -0.4 is 10.6 Å². The minimum atomic E-state index is -4.30. The third kappa shape index (κ3) is 5.67. The van der Waals surface area contributed by atoms with E-state index in [9.17, 15) is 18.5 Å². The van der Waals surface area contributed by atoms with E-state index in [0.29, 0.717) is 5.92 Å². The SMILES string of the molecule is CC(C)c1ccc(N/C=C(/C#N)C(=O)Nc2ccc(S(=O)(=O)O)cc2)cc1. The standard InChI is InChI=1S/C19H19N3O4S/c1-13(2)14-3-5-16(6-4-14)21-12-15(11-20)19(23)22-17-7-9-18(10-8-17)27(24,25)26/h3-10,12-13,21H,1-2H3,(H,22,23)(H,24,25,26)/b15-12-. The number of nitriles is 1. The number of rotatable bonds is 6. The molecule has 0 atom stereocenters. The highest BCUT2D eigenvalue weighted by atomic mass is 32.2. The second kappa shape index (κ2) is 8.49.